The average Bonchev–Trinajstić information content (AvgIpc) is 2.44. The fraction of sp³-hybridized carbons (Fsp3) is 0.562. The quantitative estimate of drug-likeness (QED) is 0.889. The zero-order chi connectivity index (χ0) is 14.8. The van der Waals surface area contributed by atoms with Crippen LogP contribution in [0.25, 0.3) is 0 Å². The third-order valence-corrected chi connectivity index (χ3v) is 4.19. The standard InChI is InChI=1S/C16H24N2O2/c1-11(2)16(3,4)10-18-15(19)12-6-5-7-13-14(12)20-9-8-17-13/h5-7,11,17H,8-10H2,1-4H3,(H,18,19). The van der Waals surface area contributed by atoms with Crippen molar-refractivity contribution in [3.05, 3.63) is 23.8 Å². The second kappa shape index (κ2) is 5.73. The number of anilines is 1. The Hall–Kier alpha value is -1.71. The number of hydrogen-bond donors (Lipinski definition) is 2. The van der Waals surface area contributed by atoms with Crippen LogP contribution in [0.4, 0.5) is 5.69 Å². The Labute approximate surface area is 120 Å². The molecule has 0 aliphatic carbocycles. The van der Waals surface area contributed by atoms with Crippen molar-refractivity contribution in [2.24, 2.45) is 11.3 Å². The Morgan fingerprint density at radius 2 is 2.20 bits per heavy atom. The van der Waals surface area contributed by atoms with E-state index in [1.807, 2.05) is 18.2 Å². The number of nitrogens with one attached hydrogen (secondary N) is 2. The van der Waals surface area contributed by atoms with E-state index in [9.17, 15) is 4.79 Å². The fourth-order valence-electron chi connectivity index (χ4n) is 1.96. The van der Waals surface area contributed by atoms with Crippen molar-refractivity contribution >= 4 is 11.6 Å². The molecule has 0 spiro atoms. The Morgan fingerprint density at radius 1 is 1.45 bits per heavy atom. The van der Waals surface area contributed by atoms with Crippen molar-refractivity contribution in [2.45, 2.75) is 27.7 Å². The number of carbonyl (C=O) groups is 1. The highest BCUT2D eigenvalue weighted by atomic mass is 16.5. The number of amides is 1. The highest BCUT2D eigenvalue weighted by molar-refractivity contribution is 5.99. The van der Waals surface area contributed by atoms with Crippen LogP contribution in [0, 0.1) is 11.3 Å². The number of para-hydroxylation sites is 1. The summed E-state index contributed by atoms with van der Waals surface area (Å²) in [7, 11) is 0. The molecule has 0 unspecified atom stereocenters. The van der Waals surface area contributed by atoms with Crippen LogP contribution in [-0.2, 0) is 0 Å². The molecule has 0 atom stereocenters. The maximum absolute atomic E-state index is 12.4. The molecule has 1 amide bonds. The van der Waals surface area contributed by atoms with Gasteiger partial charge in [-0.25, -0.2) is 0 Å². The van der Waals surface area contributed by atoms with Gasteiger partial charge in [0.25, 0.3) is 5.91 Å². The van der Waals surface area contributed by atoms with Crippen molar-refractivity contribution in [1.29, 1.82) is 0 Å². The Morgan fingerprint density at radius 3 is 2.90 bits per heavy atom. The van der Waals surface area contributed by atoms with Gasteiger partial charge in [-0.05, 0) is 23.5 Å². The molecule has 2 N–H and O–H groups in total. The molecule has 0 fully saturated rings. The molecule has 1 aromatic rings. The van der Waals surface area contributed by atoms with Gasteiger partial charge in [-0.3, -0.25) is 4.79 Å². The molecule has 1 heterocycles. The van der Waals surface area contributed by atoms with E-state index >= 15 is 0 Å². The molecule has 20 heavy (non-hydrogen) atoms. The minimum atomic E-state index is -0.0701. The van der Waals surface area contributed by atoms with Crippen LogP contribution in [0.15, 0.2) is 18.2 Å². The van der Waals surface area contributed by atoms with Gasteiger partial charge in [0.05, 0.1) is 11.3 Å². The van der Waals surface area contributed by atoms with Gasteiger partial charge in [-0.1, -0.05) is 33.8 Å². The maximum Gasteiger partial charge on any atom is 0.255 e. The molecule has 1 aliphatic heterocycles. The van der Waals surface area contributed by atoms with Crippen molar-refractivity contribution in [3.8, 4) is 5.75 Å². The lowest BCUT2D eigenvalue weighted by molar-refractivity contribution is 0.0920. The number of rotatable bonds is 4. The van der Waals surface area contributed by atoms with Crippen LogP contribution in [0.3, 0.4) is 0 Å². The lowest BCUT2D eigenvalue weighted by Gasteiger charge is -2.29. The largest absolute Gasteiger partial charge is 0.489 e. The summed E-state index contributed by atoms with van der Waals surface area (Å²) in [5, 5.41) is 6.27. The topological polar surface area (TPSA) is 50.4 Å². The van der Waals surface area contributed by atoms with Crippen LogP contribution < -0.4 is 15.4 Å². The van der Waals surface area contributed by atoms with E-state index in [1.54, 1.807) is 0 Å². The third-order valence-electron chi connectivity index (χ3n) is 4.19. The first-order valence-corrected chi connectivity index (χ1v) is 7.19. The Bertz CT molecular complexity index is 495. The number of hydrogen-bond acceptors (Lipinski definition) is 3. The first-order chi connectivity index (χ1) is 9.42. The van der Waals surface area contributed by atoms with E-state index in [4.69, 9.17) is 4.74 Å². The third kappa shape index (κ3) is 3.06. The number of ether oxygens (including phenoxy) is 1. The zero-order valence-electron chi connectivity index (χ0n) is 12.7. The predicted molar refractivity (Wildman–Crippen MR) is 81.4 cm³/mol. The van der Waals surface area contributed by atoms with Gasteiger partial charge in [0, 0.05) is 13.1 Å². The summed E-state index contributed by atoms with van der Waals surface area (Å²) in [6.45, 7) is 10.7. The van der Waals surface area contributed by atoms with E-state index < -0.39 is 0 Å². The second-order valence-electron chi connectivity index (χ2n) is 6.28. The van der Waals surface area contributed by atoms with Crippen LogP contribution in [0.2, 0.25) is 0 Å². The SMILES string of the molecule is CC(C)C(C)(C)CNC(=O)c1cccc2c1OCCN2. The smallest absolute Gasteiger partial charge is 0.255 e. The van der Waals surface area contributed by atoms with Gasteiger partial charge in [-0.2, -0.15) is 0 Å². The van der Waals surface area contributed by atoms with Gasteiger partial charge in [0.1, 0.15) is 6.61 Å². The molecule has 1 aliphatic rings. The fourth-order valence-corrected chi connectivity index (χ4v) is 1.96. The minimum absolute atomic E-state index is 0.0701. The van der Waals surface area contributed by atoms with E-state index in [-0.39, 0.29) is 11.3 Å². The predicted octanol–water partition coefficient (Wildman–Crippen LogP) is 2.90. The van der Waals surface area contributed by atoms with Crippen molar-refractivity contribution in [3.63, 3.8) is 0 Å². The molecule has 0 aromatic heterocycles. The van der Waals surface area contributed by atoms with E-state index in [2.05, 4.69) is 38.3 Å². The van der Waals surface area contributed by atoms with Crippen LogP contribution in [-0.4, -0.2) is 25.6 Å². The molecular formula is C16H24N2O2. The van der Waals surface area contributed by atoms with Gasteiger partial charge in [0.15, 0.2) is 5.75 Å². The Kier molecular flexibility index (Phi) is 4.21. The van der Waals surface area contributed by atoms with Crippen molar-refractivity contribution in [1.82, 2.24) is 5.32 Å². The van der Waals surface area contributed by atoms with E-state index in [1.165, 1.54) is 0 Å². The summed E-state index contributed by atoms with van der Waals surface area (Å²) in [5.74, 6) is 1.10. The highest BCUT2D eigenvalue weighted by Crippen LogP contribution is 2.31. The summed E-state index contributed by atoms with van der Waals surface area (Å²) >= 11 is 0. The lowest BCUT2D eigenvalue weighted by atomic mass is 9.81. The van der Waals surface area contributed by atoms with Crippen LogP contribution in [0.5, 0.6) is 5.75 Å². The van der Waals surface area contributed by atoms with E-state index in [0.717, 1.165) is 12.2 Å². The molecule has 0 radical (unpaired) electrons. The van der Waals surface area contributed by atoms with Crippen molar-refractivity contribution in [2.75, 3.05) is 25.0 Å². The monoisotopic (exact) mass is 276 g/mol. The normalized spacial score (nSPS) is 14.2. The molecule has 110 valence electrons. The summed E-state index contributed by atoms with van der Waals surface area (Å²) in [4.78, 5) is 12.4. The van der Waals surface area contributed by atoms with Gasteiger partial charge in [-0.15, -0.1) is 0 Å². The molecule has 0 saturated heterocycles. The molecule has 0 bridgehead atoms. The molecule has 0 saturated carbocycles. The van der Waals surface area contributed by atoms with Gasteiger partial charge in [0.2, 0.25) is 0 Å². The average molecular weight is 276 g/mol. The van der Waals surface area contributed by atoms with E-state index in [0.29, 0.717) is 30.4 Å². The van der Waals surface area contributed by atoms with Crippen molar-refractivity contribution < 1.29 is 9.53 Å². The lowest BCUT2D eigenvalue weighted by Crippen LogP contribution is -2.37. The van der Waals surface area contributed by atoms with Crippen LogP contribution >= 0.6 is 0 Å². The second-order valence-corrected chi connectivity index (χ2v) is 6.28. The first kappa shape index (κ1) is 14.7. The van der Waals surface area contributed by atoms with Gasteiger partial charge < -0.3 is 15.4 Å². The number of benzene rings is 1. The molecule has 2 rings (SSSR count). The highest BCUT2D eigenvalue weighted by Gasteiger charge is 2.25. The van der Waals surface area contributed by atoms with Crippen LogP contribution in [0.1, 0.15) is 38.1 Å². The molecule has 4 nitrogen and oxygen atoms in total. The summed E-state index contributed by atoms with van der Waals surface area (Å²) < 4.78 is 5.63. The number of carbonyl (C=O) groups excluding carboxylic acids is 1. The summed E-state index contributed by atoms with van der Waals surface area (Å²) in [5.41, 5.74) is 1.57. The first-order valence-electron chi connectivity index (χ1n) is 7.19. The minimum Gasteiger partial charge on any atom is -0.489 e. The molecule has 1 aromatic carbocycles. The maximum atomic E-state index is 12.4. The Balaban J connectivity index is 2.10. The summed E-state index contributed by atoms with van der Waals surface area (Å²) in [6, 6.07) is 5.62. The summed E-state index contributed by atoms with van der Waals surface area (Å²) in [6.07, 6.45) is 0. The van der Waals surface area contributed by atoms with Gasteiger partial charge >= 0.3 is 0 Å². The molecule has 4 heteroatoms. The zero-order valence-corrected chi connectivity index (χ0v) is 12.7. The number of fused-ring (bicyclic) bond motifs is 1. The molecular weight excluding hydrogens is 252 g/mol.